The molecule has 1 heterocycles. The molecule has 0 atom stereocenters. The molecule has 3 N–H and O–H groups in total. The average Bonchev–Trinajstić information content (AvgIpc) is 2.82. The summed E-state index contributed by atoms with van der Waals surface area (Å²) in [5, 5.41) is 0. The Kier molecular flexibility index (Phi) is 3.64. The predicted octanol–water partition coefficient (Wildman–Crippen LogP) is 1.77. The highest BCUT2D eigenvalue weighted by Gasteiger charge is 2.25. The number of fused-ring (bicyclic) bond motifs is 1. The van der Waals surface area contributed by atoms with Crippen LogP contribution < -0.4 is 16.2 Å². The topological polar surface area (TPSA) is 107 Å². The van der Waals surface area contributed by atoms with E-state index in [4.69, 9.17) is 10.5 Å². The molecular weight excluding hydrogens is 330 g/mol. The van der Waals surface area contributed by atoms with Crippen LogP contribution in [0.15, 0.2) is 40.0 Å². The molecule has 7 nitrogen and oxygen atoms in total. The monoisotopic (exact) mass is 347 g/mol. The van der Waals surface area contributed by atoms with Crippen molar-refractivity contribution in [1.82, 2.24) is 8.96 Å². The van der Waals surface area contributed by atoms with Crippen LogP contribution in [0.25, 0.3) is 11.0 Å². The molecule has 8 heteroatoms. The molecule has 3 rings (SSSR count). The van der Waals surface area contributed by atoms with Crippen LogP contribution in [-0.4, -0.2) is 24.5 Å². The molecule has 0 saturated heterocycles. The van der Waals surface area contributed by atoms with E-state index >= 15 is 0 Å². The summed E-state index contributed by atoms with van der Waals surface area (Å²) in [5.41, 5.74) is 7.39. The van der Waals surface area contributed by atoms with Crippen LogP contribution >= 0.6 is 0 Å². The molecule has 0 fully saturated rings. The second-order valence-electron chi connectivity index (χ2n) is 5.56. The average molecular weight is 347 g/mol. The molecule has 126 valence electrons. The van der Waals surface area contributed by atoms with Gasteiger partial charge in [-0.05, 0) is 55.3 Å². The molecule has 0 aliphatic carbocycles. The van der Waals surface area contributed by atoms with Crippen LogP contribution in [-0.2, 0) is 10.0 Å². The number of nitrogens with two attached hydrogens (primary N) is 1. The quantitative estimate of drug-likeness (QED) is 0.702. The van der Waals surface area contributed by atoms with Crippen LogP contribution in [0, 0.1) is 13.8 Å². The number of imidazole rings is 1. The van der Waals surface area contributed by atoms with E-state index in [0.717, 1.165) is 3.97 Å². The largest absolute Gasteiger partial charge is 0.497 e. The summed E-state index contributed by atoms with van der Waals surface area (Å²) < 4.78 is 31.9. The molecular formula is C16H17N3O4S. The summed E-state index contributed by atoms with van der Waals surface area (Å²) in [6.07, 6.45) is 0. The van der Waals surface area contributed by atoms with Crippen molar-refractivity contribution in [3.8, 4) is 5.75 Å². The van der Waals surface area contributed by atoms with Gasteiger partial charge in [-0.1, -0.05) is 0 Å². The van der Waals surface area contributed by atoms with Crippen molar-refractivity contribution in [3.63, 3.8) is 0 Å². The Morgan fingerprint density at radius 2 is 1.83 bits per heavy atom. The van der Waals surface area contributed by atoms with Gasteiger partial charge in [0.2, 0.25) is 0 Å². The van der Waals surface area contributed by atoms with Crippen LogP contribution in [0.2, 0.25) is 0 Å². The van der Waals surface area contributed by atoms with Crippen molar-refractivity contribution in [2.24, 2.45) is 0 Å². The Morgan fingerprint density at radius 3 is 2.46 bits per heavy atom. The number of nitrogens with one attached hydrogen (secondary N) is 1. The van der Waals surface area contributed by atoms with Gasteiger partial charge in [0.1, 0.15) is 5.75 Å². The number of rotatable bonds is 3. The van der Waals surface area contributed by atoms with Gasteiger partial charge >= 0.3 is 5.69 Å². The first-order chi connectivity index (χ1) is 11.3. The third kappa shape index (κ3) is 2.35. The van der Waals surface area contributed by atoms with Gasteiger partial charge in [0.25, 0.3) is 10.0 Å². The maximum Gasteiger partial charge on any atom is 0.340 e. The summed E-state index contributed by atoms with van der Waals surface area (Å²) in [7, 11) is -2.56. The Hall–Kier alpha value is -2.74. The van der Waals surface area contributed by atoms with Gasteiger partial charge in [0.15, 0.2) is 0 Å². The Morgan fingerprint density at radius 1 is 1.12 bits per heavy atom. The van der Waals surface area contributed by atoms with Crippen molar-refractivity contribution in [2.45, 2.75) is 18.7 Å². The highest BCUT2D eigenvalue weighted by molar-refractivity contribution is 7.90. The van der Waals surface area contributed by atoms with Gasteiger partial charge in [-0.2, -0.15) is 3.97 Å². The van der Waals surface area contributed by atoms with E-state index in [0.29, 0.717) is 28.1 Å². The molecule has 1 aromatic heterocycles. The zero-order chi connectivity index (χ0) is 17.6. The van der Waals surface area contributed by atoms with Gasteiger partial charge in [0, 0.05) is 5.69 Å². The first kappa shape index (κ1) is 16.1. The number of aryl methyl sites for hydroxylation is 2. The van der Waals surface area contributed by atoms with Gasteiger partial charge in [-0.3, -0.25) is 0 Å². The number of aromatic nitrogens is 2. The Balaban J connectivity index is 2.32. The summed E-state index contributed by atoms with van der Waals surface area (Å²) >= 11 is 0. The van der Waals surface area contributed by atoms with Crippen LogP contribution in [0.3, 0.4) is 0 Å². The van der Waals surface area contributed by atoms with Crippen LogP contribution in [0.4, 0.5) is 5.69 Å². The molecule has 2 aromatic carbocycles. The van der Waals surface area contributed by atoms with E-state index in [9.17, 15) is 13.2 Å². The fraction of sp³-hybridized carbons (Fsp3) is 0.188. The van der Waals surface area contributed by atoms with E-state index in [-0.39, 0.29) is 10.4 Å². The Labute approximate surface area is 138 Å². The second kappa shape index (κ2) is 5.41. The van der Waals surface area contributed by atoms with Crippen molar-refractivity contribution in [3.05, 3.63) is 51.9 Å². The first-order valence-electron chi connectivity index (χ1n) is 7.17. The van der Waals surface area contributed by atoms with Crippen LogP contribution in [0.1, 0.15) is 11.1 Å². The van der Waals surface area contributed by atoms with E-state index in [2.05, 4.69) is 4.98 Å². The minimum absolute atomic E-state index is 0.0424. The number of hydrogen-bond acceptors (Lipinski definition) is 5. The third-order valence-corrected chi connectivity index (χ3v) is 5.79. The number of ether oxygens (including phenoxy) is 1. The highest BCUT2D eigenvalue weighted by Crippen LogP contribution is 2.26. The lowest BCUT2D eigenvalue weighted by molar-refractivity contribution is 0.414. The van der Waals surface area contributed by atoms with E-state index < -0.39 is 15.7 Å². The molecule has 3 aromatic rings. The first-order valence-corrected chi connectivity index (χ1v) is 8.61. The van der Waals surface area contributed by atoms with Crippen molar-refractivity contribution in [1.29, 1.82) is 0 Å². The maximum atomic E-state index is 13.0. The number of nitrogens with zero attached hydrogens (tertiary/aromatic N) is 1. The molecule has 0 spiro atoms. The summed E-state index contributed by atoms with van der Waals surface area (Å²) in [6.45, 7) is 3.40. The van der Waals surface area contributed by atoms with Gasteiger partial charge in [0.05, 0.1) is 23.0 Å². The highest BCUT2D eigenvalue weighted by atomic mass is 32.2. The second-order valence-corrected chi connectivity index (χ2v) is 7.31. The summed E-state index contributed by atoms with van der Waals surface area (Å²) in [5.74, 6) is 0.543. The molecule has 0 unspecified atom stereocenters. The lowest BCUT2D eigenvalue weighted by atomic mass is 10.2. The Bertz CT molecular complexity index is 1110. The number of aromatic amines is 1. The number of nitrogen functional groups attached to an aromatic ring is 1. The number of anilines is 1. The van der Waals surface area contributed by atoms with Gasteiger partial charge in [-0.25, -0.2) is 13.2 Å². The van der Waals surface area contributed by atoms with Gasteiger partial charge in [-0.15, -0.1) is 0 Å². The SMILES string of the molecule is COc1ccc(S(=O)(=O)n2c(=O)[nH]c3cc(N)c(C)cc32)c(C)c1. The molecule has 24 heavy (non-hydrogen) atoms. The van der Waals surface area contributed by atoms with E-state index in [1.54, 1.807) is 38.1 Å². The smallest absolute Gasteiger partial charge is 0.340 e. The maximum absolute atomic E-state index is 13.0. The molecule has 0 bridgehead atoms. The van der Waals surface area contributed by atoms with Crippen LogP contribution in [0.5, 0.6) is 5.75 Å². The third-order valence-electron chi connectivity index (χ3n) is 3.93. The molecule has 0 aliphatic rings. The number of benzene rings is 2. The zero-order valence-electron chi connectivity index (χ0n) is 13.5. The van der Waals surface area contributed by atoms with Crippen molar-refractivity contribution in [2.75, 3.05) is 12.8 Å². The minimum atomic E-state index is -4.06. The van der Waals surface area contributed by atoms with Gasteiger partial charge < -0.3 is 15.5 Å². The molecule has 0 aliphatic heterocycles. The zero-order valence-corrected chi connectivity index (χ0v) is 14.3. The number of methoxy groups -OCH3 is 1. The predicted molar refractivity (Wildman–Crippen MR) is 92.0 cm³/mol. The fourth-order valence-electron chi connectivity index (χ4n) is 2.63. The fourth-order valence-corrected chi connectivity index (χ4v) is 4.20. The number of H-pyrrole nitrogens is 1. The lowest BCUT2D eigenvalue weighted by Crippen LogP contribution is -2.25. The lowest BCUT2D eigenvalue weighted by Gasteiger charge is -2.10. The van der Waals surface area contributed by atoms with E-state index in [1.165, 1.54) is 13.2 Å². The summed E-state index contributed by atoms with van der Waals surface area (Å²) in [6, 6.07) is 7.72. The number of hydrogen-bond donors (Lipinski definition) is 2. The van der Waals surface area contributed by atoms with Crippen molar-refractivity contribution < 1.29 is 13.2 Å². The minimum Gasteiger partial charge on any atom is -0.497 e. The summed E-state index contributed by atoms with van der Waals surface area (Å²) in [4.78, 5) is 14.9. The molecule has 0 amide bonds. The van der Waals surface area contributed by atoms with Crippen molar-refractivity contribution >= 4 is 26.7 Å². The normalized spacial score (nSPS) is 11.8. The standard InChI is InChI=1S/C16H17N3O4S/c1-9-7-14-13(8-12(9)17)18-16(20)19(14)24(21,22)15-5-4-11(23-3)6-10(15)2/h4-8H,17H2,1-3H3,(H,18,20). The molecule has 0 radical (unpaired) electrons. The van der Waals surface area contributed by atoms with E-state index in [1.807, 2.05) is 0 Å². The molecule has 0 saturated carbocycles.